The van der Waals surface area contributed by atoms with Crippen LogP contribution in [0.25, 0.3) is 0 Å². The number of carbonyl (C=O) groups is 1. The Morgan fingerprint density at radius 1 is 1.83 bits per heavy atom. The molecule has 0 aliphatic heterocycles. The second-order valence-corrected chi connectivity index (χ2v) is 2.46. The summed E-state index contributed by atoms with van der Waals surface area (Å²) in [6.07, 6.45) is 5.28. The van der Waals surface area contributed by atoms with Crippen molar-refractivity contribution in [1.29, 1.82) is 0 Å². The summed E-state index contributed by atoms with van der Waals surface area (Å²) in [5, 5.41) is 8.58. The maximum atomic E-state index is 10.5. The van der Waals surface area contributed by atoms with Gasteiger partial charge in [-0.3, -0.25) is 9.63 Å². The maximum absolute atomic E-state index is 10.5. The molecule has 0 aromatic heterocycles. The van der Waals surface area contributed by atoms with Crippen LogP contribution in [-0.2, 0) is 9.63 Å². The Kier molecular flexibility index (Phi) is 6.57. The highest BCUT2D eigenvalue weighted by Crippen LogP contribution is 1.94. The summed E-state index contributed by atoms with van der Waals surface area (Å²) in [5.74, 6) is 1.71. The van der Waals surface area contributed by atoms with E-state index in [1.165, 1.54) is 0 Å². The van der Waals surface area contributed by atoms with Crippen LogP contribution in [0.3, 0.4) is 0 Å². The van der Waals surface area contributed by atoms with Gasteiger partial charge in [-0.05, 0) is 12.2 Å². The minimum Gasteiger partial charge on any atom is -0.480 e. The van der Waals surface area contributed by atoms with Crippen LogP contribution in [0.5, 0.6) is 0 Å². The van der Waals surface area contributed by atoms with Crippen molar-refractivity contribution in [3.63, 3.8) is 0 Å². The van der Waals surface area contributed by atoms with Crippen LogP contribution in [0.2, 0.25) is 0 Å². The topological polar surface area (TPSA) is 58.6 Å². The highest BCUT2D eigenvalue weighted by atomic mass is 32.1. The van der Waals surface area contributed by atoms with E-state index in [2.05, 4.69) is 28.9 Å². The summed E-state index contributed by atoms with van der Waals surface area (Å²) in [7, 11) is 0. The smallest absolute Gasteiger partial charge is 0.323 e. The van der Waals surface area contributed by atoms with E-state index in [0.717, 1.165) is 0 Å². The average molecular weight is 189 g/mol. The lowest BCUT2D eigenvalue weighted by molar-refractivity contribution is -0.143. The van der Waals surface area contributed by atoms with Crippen LogP contribution in [-0.4, -0.2) is 29.5 Å². The Bertz CT molecular complexity index is 178. The first kappa shape index (κ1) is 11.3. The molecule has 0 fully saturated rings. The molecule has 0 saturated carbocycles. The molecule has 0 heterocycles. The van der Waals surface area contributed by atoms with Crippen molar-refractivity contribution in [3.05, 3.63) is 0 Å². The molecule has 1 atom stereocenters. The molecule has 2 N–H and O–H groups in total. The third-order valence-corrected chi connectivity index (χ3v) is 1.36. The SMILES string of the molecule is C#CCONC(CCS)C(=O)O. The van der Waals surface area contributed by atoms with Crippen molar-refractivity contribution in [1.82, 2.24) is 5.48 Å². The first-order valence-corrected chi connectivity index (χ1v) is 4.00. The summed E-state index contributed by atoms with van der Waals surface area (Å²) in [4.78, 5) is 15.1. The first-order chi connectivity index (χ1) is 5.72. The number of carboxylic acids is 1. The van der Waals surface area contributed by atoms with Gasteiger partial charge in [0.1, 0.15) is 12.6 Å². The lowest BCUT2D eigenvalue weighted by Crippen LogP contribution is -2.37. The standard InChI is InChI=1S/C7H11NO3S/c1-2-4-11-8-6(3-5-12)7(9)10/h1,6,8,12H,3-5H2,(H,9,10). The number of aliphatic carboxylic acids is 1. The molecule has 0 bridgehead atoms. The first-order valence-electron chi connectivity index (χ1n) is 3.36. The molecule has 1 unspecified atom stereocenters. The molecule has 5 heteroatoms. The van der Waals surface area contributed by atoms with E-state index < -0.39 is 12.0 Å². The number of rotatable bonds is 6. The van der Waals surface area contributed by atoms with E-state index in [4.69, 9.17) is 11.5 Å². The van der Waals surface area contributed by atoms with Crippen LogP contribution in [0, 0.1) is 12.3 Å². The van der Waals surface area contributed by atoms with Crippen molar-refractivity contribution in [3.8, 4) is 12.3 Å². The fourth-order valence-corrected chi connectivity index (χ4v) is 0.804. The van der Waals surface area contributed by atoms with Crippen LogP contribution < -0.4 is 5.48 Å². The number of hydrogen-bond donors (Lipinski definition) is 3. The van der Waals surface area contributed by atoms with E-state index in [1.807, 2.05) is 0 Å². The Hall–Kier alpha value is -0.700. The summed E-state index contributed by atoms with van der Waals surface area (Å²) in [6.45, 7) is 0.0519. The van der Waals surface area contributed by atoms with Gasteiger partial charge in [0.05, 0.1) is 0 Å². The van der Waals surface area contributed by atoms with Gasteiger partial charge in [0, 0.05) is 0 Å². The Balaban J connectivity index is 3.65. The van der Waals surface area contributed by atoms with Crippen LogP contribution >= 0.6 is 12.6 Å². The fourth-order valence-electron chi connectivity index (χ4n) is 0.546. The quantitative estimate of drug-likeness (QED) is 0.237. The minimum atomic E-state index is -0.971. The molecule has 0 aromatic carbocycles. The molecule has 0 radical (unpaired) electrons. The van der Waals surface area contributed by atoms with Gasteiger partial charge in [-0.2, -0.15) is 18.1 Å². The van der Waals surface area contributed by atoms with E-state index in [0.29, 0.717) is 12.2 Å². The third kappa shape index (κ3) is 5.02. The zero-order valence-corrected chi connectivity index (χ0v) is 7.38. The second kappa shape index (κ2) is 6.98. The Morgan fingerprint density at radius 3 is 2.92 bits per heavy atom. The normalized spacial score (nSPS) is 12.0. The Labute approximate surface area is 76.7 Å². The van der Waals surface area contributed by atoms with Gasteiger partial charge in [0.2, 0.25) is 0 Å². The number of carboxylic acid groups (broad SMARTS) is 1. The molecule has 0 saturated heterocycles. The highest BCUT2D eigenvalue weighted by Gasteiger charge is 2.15. The third-order valence-electron chi connectivity index (χ3n) is 1.10. The number of hydroxylamine groups is 1. The maximum Gasteiger partial charge on any atom is 0.323 e. The predicted molar refractivity (Wildman–Crippen MR) is 47.8 cm³/mol. The molecule has 0 rings (SSSR count). The van der Waals surface area contributed by atoms with Gasteiger partial charge >= 0.3 is 5.97 Å². The Morgan fingerprint density at radius 2 is 2.50 bits per heavy atom. The van der Waals surface area contributed by atoms with Crippen molar-refractivity contribution in [2.24, 2.45) is 0 Å². The van der Waals surface area contributed by atoms with Gasteiger partial charge in [0.25, 0.3) is 0 Å². The number of nitrogens with one attached hydrogen (secondary N) is 1. The van der Waals surface area contributed by atoms with Crippen molar-refractivity contribution >= 4 is 18.6 Å². The zero-order chi connectivity index (χ0) is 9.40. The molecular weight excluding hydrogens is 178 g/mol. The minimum absolute atomic E-state index is 0.0519. The van der Waals surface area contributed by atoms with Crippen LogP contribution in [0.1, 0.15) is 6.42 Å². The molecule has 0 aliphatic carbocycles. The van der Waals surface area contributed by atoms with E-state index >= 15 is 0 Å². The van der Waals surface area contributed by atoms with Gasteiger partial charge in [0.15, 0.2) is 0 Å². The van der Waals surface area contributed by atoms with E-state index in [1.54, 1.807) is 0 Å². The van der Waals surface area contributed by atoms with E-state index in [-0.39, 0.29) is 6.61 Å². The molecule has 0 aliphatic rings. The van der Waals surface area contributed by atoms with Gasteiger partial charge in [-0.15, -0.1) is 6.42 Å². The molecule has 0 spiro atoms. The number of thiol groups is 1. The fraction of sp³-hybridized carbons (Fsp3) is 0.571. The largest absolute Gasteiger partial charge is 0.480 e. The summed E-state index contributed by atoms with van der Waals surface area (Å²) >= 11 is 3.90. The summed E-state index contributed by atoms with van der Waals surface area (Å²) in [5.41, 5.74) is 2.33. The average Bonchev–Trinajstić information content (AvgIpc) is 2.03. The number of terminal acetylenes is 1. The van der Waals surface area contributed by atoms with E-state index in [9.17, 15) is 4.79 Å². The zero-order valence-electron chi connectivity index (χ0n) is 6.49. The monoisotopic (exact) mass is 189 g/mol. The number of hydrogen-bond acceptors (Lipinski definition) is 4. The van der Waals surface area contributed by atoms with Crippen molar-refractivity contribution in [2.75, 3.05) is 12.4 Å². The van der Waals surface area contributed by atoms with Crippen LogP contribution in [0.15, 0.2) is 0 Å². The van der Waals surface area contributed by atoms with Crippen molar-refractivity contribution < 1.29 is 14.7 Å². The van der Waals surface area contributed by atoms with Gasteiger partial charge in [-0.25, -0.2) is 0 Å². The molecule has 68 valence electrons. The molecule has 4 nitrogen and oxygen atoms in total. The highest BCUT2D eigenvalue weighted by molar-refractivity contribution is 7.80. The van der Waals surface area contributed by atoms with Gasteiger partial charge < -0.3 is 5.11 Å². The molecule has 12 heavy (non-hydrogen) atoms. The van der Waals surface area contributed by atoms with Crippen molar-refractivity contribution in [2.45, 2.75) is 12.5 Å². The summed E-state index contributed by atoms with van der Waals surface area (Å²) < 4.78 is 0. The molecular formula is C7H11NO3S. The second-order valence-electron chi connectivity index (χ2n) is 2.01. The predicted octanol–water partition coefficient (Wildman–Crippen LogP) is -0.0861. The summed E-state index contributed by atoms with van der Waals surface area (Å²) in [6, 6.07) is -0.740. The lowest BCUT2D eigenvalue weighted by atomic mass is 10.2. The molecule has 0 aromatic rings. The molecule has 0 amide bonds. The van der Waals surface area contributed by atoms with Gasteiger partial charge in [-0.1, -0.05) is 5.92 Å². The lowest BCUT2D eigenvalue weighted by Gasteiger charge is -2.11. The van der Waals surface area contributed by atoms with Crippen LogP contribution in [0.4, 0.5) is 0 Å².